The van der Waals surface area contributed by atoms with Crippen molar-refractivity contribution in [2.45, 2.75) is 32.9 Å². The smallest absolute Gasteiger partial charge is 0.119 e. The van der Waals surface area contributed by atoms with Gasteiger partial charge in [0.2, 0.25) is 0 Å². The van der Waals surface area contributed by atoms with Gasteiger partial charge in [-0.15, -0.1) is 0 Å². The molecule has 1 unspecified atom stereocenters. The molecule has 0 amide bonds. The fourth-order valence-corrected chi connectivity index (χ4v) is 1.67. The molecule has 108 valence electrons. The molecular weight excluding hydrogens is 242 g/mol. The summed E-state index contributed by atoms with van der Waals surface area (Å²) in [5.41, 5.74) is 1.18. The van der Waals surface area contributed by atoms with Gasteiger partial charge < -0.3 is 19.9 Å². The molecule has 1 rings (SSSR count). The molecule has 19 heavy (non-hydrogen) atoms. The molecule has 0 aliphatic carbocycles. The number of hydrogen-bond acceptors (Lipinski definition) is 4. The summed E-state index contributed by atoms with van der Waals surface area (Å²) in [5, 5.41) is 12.4. The number of ether oxygens (including phenoxy) is 2. The van der Waals surface area contributed by atoms with E-state index in [0.29, 0.717) is 13.2 Å². The highest BCUT2D eigenvalue weighted by atomic mass is 16.5. The lowest BCUT2D eigenvalue weighted by Gasteiger charge is -2.14. The molecule has 0 bridgehead atoms. The van der Waals surface area contributed by atoms with Crippen molar-refractivity contribution < 1.29 is 14.6 Å². The molecule has 1 atom stereocenters. The maximum absolute atomic E-state index is 9.09. The molecule has 0 heterocycles. The van der Waals surface area contributed by atoms with E-state index < -0.39 is 0 Å². The predicted molar refractivity (Wildman–Crippen MR) is 76.4 cm³/mol. The quantitative estimate of drug-likeness (QED) is 0.636. The first-order valence-electron chi connectivity index (χ1n) is 6.93. The van der Waals surface area contributed by atoms with Crippen LogP contribution in [0.1, 0.15) is 25.8 Å². The van der Waals surface area contributed by atoms with Gasteiger partial charge >= 0.3 is 0 Å². The Hall–Kier alpha value is -1.10. The van der Waals surface area contributed by atoms with Crippen LogP contribution >= 0.6 is 0 Å². The predicted octanol–water partition coefficient (Wildman–Crippen LogP) is 1.96. The SMILES string of the molecule is CCOCCOc1ccc(CNC(CC)CO)cc1. The van der Waals surface area contributed by atoms with E-state index in [9.17, 15) is 0 Å². The Morgan fingerprint density at radius 1 is 1.16 bits per heavy atom. The van der Waals surface area contributed by atoms with Gasteiger partial charge in [0, 0.05) is 19.2 Å². The Morgan fingerprint density at radius 3 is 2.47 bits per heavy atom. The van der Waals surface area contributed by atoms with Gasteiger partial charge in [0.25, 0.3) is 0 Å². The highest BCUT2D eigenvalue weighted by molar-refractivity contribution is 5.27. The number of aliphatic hydroxyl groups is 1. The molecule has 4 heteroatoms. The summed E-state index contributed by atoms with van der Waals surface area (Å²) in [4.78, 5) is 0. The second-order valence-corrected chi connectivity index (χ2v) is 4.36. The van der Waals surface area contributed by atoms with E-state index in [1.807, 2.05) is 31.2 Å². The third-order valence-corrected chi connectivity index (χ3v) is 2.93. The molecule has 0 aromatic heterocycles. The minimum absolute atomic E-state index is 0.169. The van der Waals surface area contributed by atoms with Crippen LogP contribution in [0.5, 0.6) is 5.75 Å². The Kier molecular flexibility index (Phi) is 8.21. The molecule has 1 aromatic rings. The number of hydrogen-bond donors (Lipinski definition) is 2. The summed E-state index contributed by atoms with van der Waals surface area (Å²) in [7, 11) is 0. The first-order chi connectivity index (χ1) is 9.30. The lowest BCUT2D eigenvalue weighted by molar-refractivity contribution is 0.110. The van der Waals surface area contributed by atoms with Crippen LogP contribution in [0, 0.1) is 0 Å². The largest absolute Gasteiger partial charge is 0.491 e. The number of benzene rings is 1. The maximum atomic E-state index is 9.09. The first kappa shape index (κ1) is 16.0. The van der Waals surface area contributed by atoms with Crippen LogP contribution in [0.3, 0.4) is 0 Å². The van der Waals surface area contributed by atoms with Crippen LogP contribution in [-0.4, -0.2) is 37.6 Å². The van der Waals surface area contributed by atoms with Gasteiger partial charge in [0.1, 0.15) is 12.4 Å². The summed E-state index contributed by atoms with van der Waals surface area (Å²) in [5.74, 6) is 0.859. The third kappa shape index (κ3) is 6.57. The van der Waals surface area contributed by atoms with Crippen molar-refractivity contribution in [3.63, 3.8) is 0 Å². The molecule has 4 nitrogen and oxygen atoms in total. The van der Waals surface area contributed by atoms with Gasteiger partial charge in [0.15, 0.2) is 0 Å². The van der Waals surface area contributed by atoms with Crippen molar-refractivity contribution in [3.8, 4) is 5.75 Å². The highest BCUT2D eigenvalue weighted by Gasteiger charge is 2.03. The molecule has 0 radical (unpaired) electrons. The minimum atomic E-state index is 0.169. The summed E-state index contributed by atoms with van der Waals surface area (Å²) in [6, 6.07) is 8.16. The van der Waals surface area contributed by atoms with E-state index in [4.69, 9.17) is 14.6 Å². The minimum Gasteiger partial charge on any atom is -0.491 e. The van der Waals surface area contributed by atoms with Gasteiger partial charge in [-0.05, 0) is 31.0 Å². The highest BCUT2D eigenvalue weighted by Crippen LogP contribution is 2.12. The average Bonchev–Trinajstić information content (AvgIpc) is 2.46. The van der Waals surface area contributed by atoms with Crippen LogP contribution in [0.2, 0.25) is 0 Å². The van der Waals surface area contributed by atoms with Crippen molar-refractivity contribution in [3.05, 3.63) is 29.8 Å². The Bertz CT molecular complexity index is 323. The lowest BCUT2D eigenvalue weighted by atomic mass is 10.2. The zero-order valence-electron chi connectivity index (χ0n) is 11.9. The third-order valence-electron chi connectivity index (χ3n) is 2.93. The van der Waals surface area contributed by atoms with Crippen molar-refractivity contribution in [1.29, 1.82) is 0 Å². The second kappa shape index (κ2) is 9.78. The number of aliphatic hydroxyl groups excluding tert-OH is 1. The fourth-order valence-electron chi connectivity index (χ4n) is 1.67. The first-order valence-corrected chi connectivity index (χ1v) is 6.93. The molecule has 0 spiro atoms. The van der Waals surface area contributed by atoms with Crippen molar-refractivity contribution in [2.75, 3.05) is 26.4 Å². The molecule has 1 aromatic carbocycles. The molecule has 0 fully saturated rings. The van der Waals surface area contributed by atoms with Gasteiger partial charge in [0.05, 0.1) is 13.2 Å². The van der Waals surface area contributed by atoms with Crippen LogP contribution < -0.4 is 10.1 Å². The molecule has 0 saturated heterocycles. The molecule has 2 N–H and O–H groups in total. The van der Waals surface area contributed by atoms with Crippen molar-refractivity contribution in [2.24, 2.45) is 0 Å². The monoisotopic (exact) mass is 267 g/mol. The zero-order chi connectivity index (χ0) is 13.9. The topological polar surface area (TPSA) is 50.7 Å². The lowest BCUT2D eigenvalue weighted by Crippen LogP contribution is -2.31. The normalized spacial score (nSPS) is 12.4. The summed E-state index contributed by atoms with van der Waals surface area (Å²) in [6.07, 6.45) is 0.926. The van der Waals surface area contributed by atoms with Crippen molar-refractivity contribution in [1.82, 2.24) is 5.32 Å². The van der Waals surface area contributed by atoms with Gasteiger partial charge in [-0.2, -0.15) is 0 Å². The summed E-state index contributed by atoms with van der Waals surface area (Å²) in [6.45, 7) is 6.88. The van der Waals surface area contributed by atoms with Crippen LogP contribution in [0.25, 0.3) is 0 Å². The number of rotatable bonds is 10. The van der Waals surface area contributed by atoms with E-state index in [-0.39, 0.29) is 12.6 Å². The molecular formula is C15H25NO3. The van der Waals surface area contributed by atoms with E-state index in [1.54, 1.807) is 0 Å². The zero-order valence-corrected chi connectivity index (χ0v) is 11.9. The van der Waals surface area contributed by atoms with E-state index >= 15 is 0 Å². The van der Waals surface area contributed by atoms with Crippen LogP contribution in [0.4, 0.5) is 0 Å². The van der Waals surface area contributed by atoms with Gasteiger partial charge in [-0.1, -0.05) is 19.1 Å². The number of nitrogens with one attached hydrogen (secondary N) is 1. The van der Waals surface area contributed by atoms with Crippen LogP contribution in [-0.2, 0) is 11.3 Å². The molecule has 0 aliphatic heterocycles. The Labute approximate surface area is 115 Å². The molecule has 0 aliphatic rings. The summed E-state index contributed by atoms with van der Waals surface area (Å²) < 4.78 is 10.8. The molecule has 0 saturated carbocycles. The average molecular weight is 267 g/mol. The summed E-state index contributed by atoms with van der Waals surface area (Å²) >= 11 is 0. The van der Waals surface area contributed by atoms with E-state index in [2.05, 4.69) is 12.2 Å². The van der Waals surface area contributed by atoms with E-state index in [0.717, 1.165) is 25.3 Å². The van der Waals surface area contributed by atoms with Crippen molar-refractivity contribution >= 4 is 0 Å². The standard InChI is InChI=1S/C15H25NO3/c1-3-14(12-17)16-11-13-5-7-15(8-6-13)19-10-9-18-4-2/h5-8,14,16-17H,3-4,9-12H2,1-2H3. The van der Waals surface area contributed by atoms with Gasteiger partial charge in [-0.3, -0.25) is 0 Å². The Balaban J connectivity index is 2.30. The fraction of sp³-hybridized carbons (Fsp3) is 0.600. The Morgan fingerprint density at radius 2 is 1.89 bits per heavy atom. The van der Waals surface area contributed by atoms with E-state index in [1.165, 1.54) is 5.56 Å². The second-order valence-electron chi connectivity index (χ2n) is 4.36. The van der Waals surface area contributed by atoms with Crippen LogP contribution in [0.15, 0.2) is 24.3 Å². The van der Waals surface area contributed by atoms with Gasteiger partial charge in [-0.25, -0.2) is 0 Å². The maximum Gasteiger partial charge on any atom is 0.119 e.